The maximum Gasteiger partial charge on any atom is 0.417 e. The SMILES string of the molecule is CCCCN(C[C@H](CN(C(=O)OC(C)(C)C)C(=O)C1(N)CCCCC1)C(=O)OC(C)(C)C)C(=O)N[C@@H](Cc1ccc(-c2ccccc2)cc1)C(=O)O. The molecule has 12 heteroatoms. The van der Waals surface area contributed by atoms with Gasteiger partial charge in [-0.2, -0.15) is 0 Å². The molecule has 0 aliphatic heterocycles. The number of carboxylic acid groups (broad SMARTS) is 1. The summed E-state index contributed by atoms with van der Waals surface area (Å²) in [5.74, 6) is -3.80. The predicted molar refractivity (Wildman–Crippen MR) is 199 cm³/mol. The van der Waals surface area contributed by atoms with Crippen LogP contribution in [0.15, 0.2) is 54.6 Å². The van der Waals surface area contributed by atoms with E-state index in [-0.39, 0.29) is 19.5 Å². The zero-order chi connectivity index (χ0) is 38.7. The summed E-state index contributed by atoms with van der Waals surface area (Å²) in [4.78, 5) is 70.1. The van der Waals surface area contributed by atoms with E-state index in [1.54, 1.807) is 41.5 Å². The van der Waals surface area contributed by atoms with Crippen LogP contribution in [0, 0.1) is 5.92 Å². The molecule has 0 radical (unpaired) electrons. The van der Waals surface area contributed by atoms with Crippen molar-refractivity contribution in [1.82, 2.24) is 15.1 Å². The van der Waals surface area contributed by atoms with E-state index < -0.39 is 65.2 Å². The van der Waals surface area contributed by atoms with Gasteiger partial charge in [-0.25, -0.2) is 19.3 Å². The van der Waals surface area contributed by atoms with Crippen LogP contribution in [0.4, 0.5) is 9.59 Å². The van der Waals surface area contributed by atoms with Crippen molar-refractivity contribution in [2.75, 3.05) is 19.6 Å². The summed E-state index contributed by atoms with van der Waals surface area (Å²) in [6.45, 7) is 11.5. The minimum atomic E-state index is -1.32. The number of carboxylic acids is 1. The van der Waals surface area contributed by atoms with Crippen molar-refractivity contribution in [3.05, 3.63) is 60.2 Å². The van der Waals surface area contributed by atoms with Crippen molar-refractivity contribution < 1.29 is 38.6 Å². The highest BCUT2D eigenvalue weighted by molar-refractivity contribution is 5.98. The molecule has 0 aromatic heterocycles. The number of imide groups is 1. The average molecular weight is 723 g/mol. The number of esters is 1. The molecule has 2 atom stereocenters. The van der Waals surface area contributed by atoms with Gasteiger partial charge in [-0.1, -0.05) is 87.2 Å². The lowest BCUT2D eigenvalue weighted by Gasteiger charge is -2.38. The number of urea groups is 1. The van der Waals surface area contributed by atoms with Crippen LogP contribution in [0.3, 0.4) is 0 Å². The zero-order valence-corrected chi connectivity index (χ0v) is 31.9. The van der Waals surface area contributed by atoms with Gasteiger partial charge in [0.15, 0.2) is 0 Å². The molecule has 3 rings (SSSR count). The molecule has 0 heterocycles. The van der Waals surface area contributed by atoms with Gasteiger partial charge in [-0.3, -0.25) is 9.59 Å². The van der Waals surface area contributed by atoms with E-state index in [9.17, 15) is 29.1 Å². The first-order valence-electron chi connectivity index (χ1n) is 18.3. The summed E-state index contributed by atoms with van der Waals surface area (Å²) in [6.07, 6.45) is 3.42. The van der Waals surface area contributed by atoms with E-state index in [1.165, 1.54) is 4.90 Å². The molecule has 2 aromatic carbocycles. The second kappa shape index (κ2) is 18.3. The molecular formula is C40H58N4O8. The first-order chi connectivity index (χ1) is 24.3. The van der Waals surface area contributed by atoms with Crippen LogP contribution in [-0.4, -0.2) is 87.3 Å². The fourth-order valence-corrected chi connectivity index (χ4v) is 6.07. The van der Waals surface area contributed by atoms with Crippen LogP contribution in [0.5, 0.6) is 0 Å². The number of nitrogens with zero attached hydrogens (tertiary/aromatic N) is 2. The van der Waals surface area contributed by atoms with Crippen LogP contribution in [0.2, 0.25) is 0 Å². The Morgan fingerprint density at radius 1 is 0.846 bits per heavy atom. The van der Waals surface area contributed by atoms with E-state index in [0.29, 0.717) is 44.1 Å². The third-order valence-corrected chi connectivity index (χ3v) is 8.78. The van der Waals surface area contributed by atoms with Crippen LogP contribution in [0.25, 0.3) is 11.1 Å². The molecule has 4 N–H and O–H groups in total. The predicted octanol–water partition coefficient (Wildman–Crippen LogP) is 6.54. The van der Waals surface area contributed by atoms with E-state index in [1.807, 2.05) is 61.5 Å². The molecule has 1 saturated carbocycles. The van der Waals surface area contributed by atoms with Crippen molar-refractivity contribution in [2.45, 2.75) is 123 Å². The van der Waals surface area contributed by atoms with Crippen molar-refractivity contribution in [2.24, 2.45) is 11.7 Å². The molecule has 1 aliphatic carbocycles. The van der Waals surface area contributed by atoms with Gasteiger partial charge < -0.3 is 30.5 Å². The van der Waals surface area contributed by atoms with Gasteiger partial charge in [-0.05, 0) is 77.5 Å². The Labute approximate surface area is 308 Å². The molecule has 12 nitrogen and oxygen atoms in total. The van der Waals surface area contributed by atoms with Crippen molar-refractivity contribution in [3.8, 4) is 11.1 Å². The van der Waals surface area contributed by atoms with Crippen LogP contribution in [0.1, 0.15) is 99.0 Å². The highest BCUT2D eigenvalue weighted by atomic mass is 16.6. The van der Waals surface area contributed by atoms with Crippen molar-refractivity contribution in [1.29, 1.82) is 0 Å². The number of unbranched alkanes of at least 4 members (excludes halogenated alkanes) is 1. The summed E-state index contributed by atoms with van der Waals surface area (Å²) in [5, 5.41) is 12.8. The Hall–Kier alpha value is -4.45. The number of aliphatic carboxylic acids is 1. The minimum Gasteiger partial charge on any atom is -0.480 e. The minimum absolute atomic E-state index is 0.0206. The monoisotopic (exact) mass is 722 g/mol. The lowest BCUT2D eigenvalue weighted by molar-refractivity contribution is -0.161. The number of hydrogen-bond acceptors (Lipinski definition) is 8. The quantitative estimate of drug-likeness (QED) is 0.183. The molecule has 0 unspecified atom stereocenters. The van der Waals surface area contributed by atoms with Crippen molar-refractivity contribution in [3.63, 3.8) is 0 Å². The number of ether oxygens (including phenoxy) is 2. The van der Waals surface area contributed by atoms with E-state index >= 15 is 0 Å². The number of carbonyl (C=O) groups is 5. The summed E-state index contributed by atoms with van der Waals surface area (Å²) in [5.41, 5.74) is 6.13. The van der Waals surface area contributed by atoms with Gasteiger partial charge in [0.2, 0.25) is 0 Å². The summed E-state index contributed by atoms with van der Waals surface area (Å²) in [6, 6.07) is 15.3. The molecule has 2 aromatic rings. The Bertz CT molecular complexity index is 1510. The first kappa shape index (κ1) is 42.0. The number of amides is 4. The molecule has 286 valence electrons. The molecule has 4 amide bonds. The number of carbonyl (C=O) groups excluding carboxylic acids is 4. The highest BCUT2D eigenvalue weighted by Gasteiger charge is 2.44. The largest absolute Gasteiger partial charge is 0.480 e. The number of rotatable bonds is 14. The molecule has 0 spiro atoms. The highest BCUT2D eigenvalue weighted by Crippen LogP contribution is 2.29. The Balaban J connectivity index is 1.91. The molecular weight excluding hydrogens is 664 g/mol. The Kier molecular flexibility index (Phi) is 14.8. The van der Waals surface area contributed by atoms with Gasteiger partial charge in [0.25, 0.3) is 5.91 Å². The van der Waals surface area contributed by atoms with Crippen LogP contribution < -0.4 is 11.1 Å². The van der Waals surface area contributed by atoms with Crippen LogP contribution in [-0.2, 0) is 30.3 Å². The standard InChI is InChI=1S/C40H58N4O8/c1-8-9-24-43(36(49)42-32(33(45)46)25-28-18-20-30(21-19-28)29-16-12-10-13-17-29)26-31(34(47)51-38(2,3)4)27-44(37(50)52-39(5,6)7)35(48)40(41)22-14-11-15-23-40/h10,12-13,16-21,31-32H,8-9,11,14-15,22-27,41H2,1-7H3,(H,42,49)(H,45,46)/t31-,32+/m1/s1. The Morgan fingerprint density at radius 3 is 1.96 bits per heavy atom. The zero-order valence-electron chi connectivity index (χ0n) is 31.9. The molecule has 1 aliphatic rings. The lowest BCUT2D eigenvalue weighted by atomic mass is 9.81. The third-order valence-electron chi connectivity index (χ3n) is 8.78. The number of nitrogens with one attached hydrogen (secondary N) is 1. The van der Waals surface area contributed by atoms with Crippen molar-refractivity contribution >= 4 is 30.0 Å². The summed E-state index contributed by atoms with van der Waals surface area (Å²) in [7, 11) is 0. The summed E-state index contributed by atoms with van der Waals surface area (Å²) >= 11 is 0. The second-order valence-corrected chi connectivity index (χ2v) is 15.8. The van der Waals surface area contributed by atoms with Gasteiger partial charge in [0.05, 0.1) is 11.5 Å². The third kappa shape index (κ3) is 13.0. The fraction of sp³-hybridized carbons (Fsp3) is 0.575. The molecule has 1 fully saturated rings. The van der Waals surface area contributed by atoms with Gasteiger partial charge in [-0.15, -0.1) is 0 Å². The van der Waals surface area contributed by atoms with Crippen LogP contribution >= 0.6 is 0 Å². The van der Waals surface area contributed by atoms with E-state index in [0.717, 1.165) is 22.4 Å². The van der Waals surface area contributed by atoms with E-state index in [4.69, 9.17) is 15.2 Å². The normalized spacial score (nSPS) is 15.5. The molecule has 0 bridgehead atoms. The van der Waals surface area contributed by atoms with Gasteiger partial charge >= 0.3 is 24.1 Å². The van der Waals surface area contributed by atoms with Gasteiger partial charge in [0.1, 0.15) is 17.2 Å². The topological polar surface area (TPSA) is 169 Å². The molecule has 52 heavy (non-hydrogen) atoms. The Morgan fingerprint density at radius 2 is 1.42 bits per heavy atom. The fourth-order valence-electron chi connectivity index (χ4n) is 6.07. The summed E-state index contributed by atoms with van der Waals surface area (Å²) < 4.78 is 11.4. The first-order valence-corrected chi connectivity index (χ1v) is 18.3. The van der Waals surface area contributed by atoms with E-state index in [2.05, 4.69) is 5.32 Å². The second-order valence-electron chi connectivity index (χ2n) is 15.8. The number of benzene rings is 2. The lowest BCUT2D eigenvalue weighted by Crippen LogP contribution is -2.60. The molecule has 0 saturated heterocycles. The van der Waals surface area contributed by atoms with Gasteiger partial charge in [0, 0.05) is 26.1 Å². The average Bonchev–Trinajstić information content (AvgIpc) is 3.06. The smallest absolute Gasteiger partial charge is 0.417 e. The number of nitrogens with two attached hydrogens (primary N) is 1. The maximum atomic E-state index is 14.1. The number of hydrogen-bond donors (Lipinski definition) is 3. The maximum absolute atomic E-state index is 14.1.